The number of hydrogen-bond donors (Lipinski definition) is 1. The molecule has 8 nitrogen and oxygen atoms in total. The van der Waals surface area contributed by atoms with Gasteiger partial charge < -0.3 is 19.2 Å². The van der Waals surface area contributed by atoms with Gasteiger partial charge >= 0.3 is 0 Å². The Labute approximate surface area is 143 Å². The average Bonchev–Trinajstić information content (AvgIpc) is 3.08. The van der Waals surface area contributed by atoms with Crippen molar-refractivity contribution in [2.24, 2.45) is 0 Å². The number of hydrogen-bond acceptors (Lipinski definition) is 8. The molecule has 0 fully saturated rings. The number of nitrogens with zero attached hydrogens (tertiary/aromatic N) is 3. The van der Waals surface area contributed by atoms with E-state index in [1.807, 2.05) is 6.07 Å². The van der Waals surface area contributed by atoms with Gasteiger partial charge in [-0.3, -0.25) is 4.79 Å². The first-order chi connectivity index (χ1) is 11.7. The molecule has 0 atom stereocenters. The van der Waals surface area contributed by atoms with E-state index < -0.39 is 0 Å². The summed E-state index contributed by atoms with van der Waals surface area (Å²) in [6.45, 7) is 0.328. The lowest BCUT2D eigenvalue weighted by molar-refractivity contribution is -0.118. The number of ether oxygens (including phenoxy) is 2. The van der Waals surface area contributed by atoms with Gasteiger partial charge in [-0.05, 0) is 12.1 Å². The molecule has 0 saturated heterocycles. The summed E-state index contributed by atoms with van der Waals surface area (Å²) in [5, 5.41) is 19.2. The highest BCUT2D eigenvalue weighted by Crippen LogP contribution is 2.30. The van der Waals surface area contributed by atoms with E-state index in [0.29, 0.717) is 29.5 Å². The van der Waals surface area contributed by atoms with E-state index in [-0.39, 0.29) is 23.3 Å². The second-order valence-corrected chi connectivity index (χ2v) is 5.45. The summed E-state index contributed by atoms with van der Waals surface area (Å²) < 4.78 is 15.9. The largest absolute Gasteiger partial charge is 0.497 e. The first-order valence-corrected chi connectivity index (χ1v) is 7.98. The van der Waals surface area contributed by atoms with Gasteiger partial charge in [-0.1, -0.05) is 11.8 Å². The number of nitriles is 1. The number of nitrogens with one attached hydrogen (secondary N) is 1. The molecule has 9 heteroatoms. The first-order valence-electron chi connectivity index (χ1n) is 6.99. The molecule has 1 heterocycles. The Kier molecular flexibility index (Phi) is 6.45. The minimum Gasteiger partial charge on any atom is -0.497 e. The van der Waals surface area contributed by atoms with Crippen LogP contribution in [-0.2, 0) is 4.79 Å². The second kappa shape index (κ2) is 8.79. The molecule has 1 aromatic carbocycles. The van der Waals surface area contributed by atoms with Crippen LogP contribution < -0.4 is 14.8 Å². The van der Waals surface area contributed by atoms with Gasteiger partial charge in [0.05, 0.1) is 32.5 Å². The molecule has 0 spiro atoms. The van der Waals surface area contributed by atoms with E-state index in [1.54, 1.807) is 32.4 Å². The van der Waals surface area contributed by atoms with Gasteiger partial charge in [0.15, 0.2) is 0 Å². The van der Waals surface area contributed by atoms with E-state index in [2.05, 4.69) is 15.5 Å². The Morgan fingerprint density at radius 3 is 2.62 bits per heavy atom. The minimum absolute atomic E-state index is 0.133. The first kappa shape index (κ1) is 17.6. The third-order valence-corrected chi connectivity index (χ3v) is 3.71. The molecule has 2 rings (SSSR count). The summed E-state index contributed by atoms with van der Waals surface area (Å²) in [6, 6.07) is 7.19. The van der Waals surface area contributed by atoms with Crippen molar-refractivity contribution in [2.75, 3.05) is 26.5 Å². The molecule has 0 saturated carbocycles. The molecule has 0 aliphatic rings. The lowest BCUT2D eigenvalue weighted by Gasteiger charge is -2.05. The zero-order valence-corrected chi connectivity index (χ0v) is 14.1. The van der Waals surface area contributed by atoms with E-state index in [9.17, 15) is 4.79 Å². The highest BCUT2D eigenvalue weighted by atomic mass is 32.2. The maximum atomic E-state index is 11.6. The Hall–Kier alpha value is -2.73. The van der Waals surface area contributed by atoms with Gasteiger partial charge in [-0.25, -0.2) is 0 Å². The maximum absolute atomic E-state index is 11.6. The van der Waals surface area contributed by atoms with E-state index in [0.717, 1.165) is 11.8 Å². The van der Waals surface area contributed by atoms with E-state index >= 15 is 0 Å². The molecule has 0 unspecified atom stereocenters. The van der Waals surface area contributed by atoms with Crippen LogP contribution in [0.1, 0.15) is 6.42 Å². The molecule has 1 aromatic heterocycles. The topological polar surface area (TPSA) is 110 Å². The van der Waals surface area contributed by atoms with Crippen molar-refractivity contribution in [1.82, 2.24) is 15.5 Å². The summed E-state index contributed by atoms with van der Waals surface area (Å²) in [5.41, 5.74) is 0.657. The van der Waals surface area contributed by atoms with Crippen LogP contribution in [0, 0.1) is 11.3 Å². The zero-order valence-electron chi connectivity index (χ0n) is 13.2. The normalized spacial score (nSPS) is 10.0. The highest BCUT2D eigenvalue weighted by molar-refractivity contribution is 7.99. The Morgan fingerprint density at radius 2 is 2.00 bits per heavy atom. The zero-order chi connectivity index (χ0) is 17.4. The quantitative estimate of drug-likeness (QED) is 0.569. The third-order valence-electron chi connectivity index (χ3n) is 2.89. The summed E-state index contributed by atoms with van der Waals surface area (Å²) in [6.07, 6.45) is 0.277. The lowest BCUT2D eigenvalue weighted by Crippen LogP contribution is -2.25. The number of carbonyl (C=O) groups excluding carboxylic acids is 1. The fourth-order valence-corrected chi connectivity index (χ4v) is 2.34. The van der Waals surface area contributed by atoms with Crippen molar-refractivity contribution < 1.29 is 18.7 Å². The van der Waals surface area contributed by atoms with E-state index in [1.165, 1.54) is 0 Å². The molecule has 0 aliphatic carbocycles. The fourth-order valence-electron chi connectivity index (χ4n) is 1.75. The van der Waals surface area contributed by atoms with E-state index in [4.69, 9.17) is 19.2 Å². The predicted molar refractivity (Wildman–Crippen MR) is 86.8 cm³/mol. The molecular weight excluding hydrogens is 332 g/mol. The van der Waals surface area contributed by atoms with Crippen LogP contribution in [-0.4, -0.2) is 42.6 Å². The standard InChI is InChI=1S/C15H16N4O4S/c1-21-11-6-10(7-12(8-11)22-2)14-18-19-15(23-14)24-9-13(20)17-5-3-4-16/h6-8H,3,5,9H2,1-2H3,(H,17,20). The van der Waals surface area contributed by atoms with Crippen molar-refractivity contribution in [3.05, 3.63) is 18.2 Å². The Morgan fingerprint density at radius 1 is 1.29 bits per heavy atom. The number of rotatable bonds is 8. The summed E-state index contributed by atoms with van der Waals surface area (Å²) in [4.78, 5) is 11.6. The van der Waals surface area contributed by atoms with Gasteiger partial charge in [0.2, 0.25) is 11.8 Å². The Balaban J connectivity index is 2.00. The maximum Gasteiger partial charge on any atom is 0.277 e. The van der Waals surface area contributed by atoms with Gasteiger partial charge in [0.1, 0.15) is 11.5 Å². The predicted octanol–water partition coefficient (Wildman–Crippen LogP) is 1.88. The number of benzene rings is 1. The molecule has 0 bridgehead atoms. The molecule has 1 N–H and O–H groups in total. The SMILES string of the molecule is COc1cc(OC)cc(-c2nnc(SCC(=O)NCCC#N)o2)c1. The molecule has 1 amide bonds. The second-order valence-electron chi connectivity index (χ2n) is 4.52. The monoisotopic (exact) mass is 348 g/mol. The minimum atomic E-state index is -0.196. The number of amides is 1. The molecule has 0 radical (unpaired) electrons. The smallest absolute Gasteiger partial charge is 0.277 e. The van der Waals surface area contributed by atoms with Crippen LogP contribution in [0.25, 0.3) is 11.5 Å². The van der Waals surface area contributed by atoms with Crippen molar-refractivity contribution in [1.29, 1.82) is 5.26 Å². The van der Waals surface area contributed by atoms with Crippen LogP contribution >= 0.6 is 11.8 Å². The van der Waals surface area contributed by atoms with Gasteiger partial charge in [0.25, 0.3) is 5.22 Å². The molecule has 0 aliphatic heterocycles. The van der Waals surface area contributed by atoms with Gasteiger partial charge in [0, 0.05) is 18.2 Å². The number of methoxy groups -OCH3 is 2. The van der Waals surface area contributed by atoms with Gasteiger partial charge in [-0.2, -0.15) is 5.26 Å². The number of thioether (sulfide) groups is 1. The summed E-state index contributed by atoms with van der Waals surface area (Å²) in [7, 11) is 3.11. The number of aromatic nitrogens is 2. The molecular formula is C15H16N4O4S. The lowest BCUT2D eigenvalue weighted by atomic mass is 10.2. The molecule has 2 aromatic rings. The highest BCUT2D eigenvalue weighted by Gasteiger charge is 2.13. The third kappa shape index (κ3) is 4.89. The molecule has 126 valence electrons. The number of carbonyl (C=O) groups is 1. The molecule has 24 heavy (non-hydrogen) atoms. The van der Waals surface area contributed by atoms with Crippen molar-refractivity contribution in [2.45, 2.75) is 11.6 Å². The van der Waals surface area contributed by atoms with Crippen LogP contribution in [0.15, 0.2) is 27.8 Å². The van der Waals surface area contributed by atoms with Crippen LogP contribution in [0.2, 0.25) is 0 Å². The van der Waals surface area contributed by atoms with Crippen LogP contribution in [0.4, 0.5) is 0 Å². The van der Waals surface area contributed by atoms with Crippen molar-refractivity contribution >= 4 is 17.7 Å². The van der Waals surface area contributed by atoms with Crippen molar-refractivity contribution in [3.63, 3.8) is 0 Å². The Bertz CT molecular complexity index is 719. The summed E-state index contributed by atoms with van der Waals surface area (Å²) >= 11 is 1.12. The average molecular weight is 348 g/mol. The van der Waals surface area contributed by atoms with Gasteiger partial charge in [-0.15, -0.1) is 10.2 Å². The van der Waals surface area contributed by atoms with Crippen molar-refractivity contribution in [3.8, 4) is 29.0 Å². The fraction of sp³-hybridized carbons (Fsp3) is 0.333. The van der Waals surface area contributed by atoms with Crippen LogP contribution in [0.3, 0.4) is 0 Å². The van der Waals surface area contributed by atoms with Crippen LogP contribution in [0.5, 0.6) is 11.5 Å². The summed E-state index contributed by atoms with van der Waals surface area (Å²) in [5.74, 6) is 1.45.